The first-order chi connectivity index (χ1) is 8.71. The Bertz CT molecular complexity index is 678. The van der Waals surface area contributed by atoms with E-state index < -0.39 is 20.0 Å². The molecular formula is C11H16N2O4S2. The fourth-order valence-electron chi connectivity index (χ4n) is 1.75. The molecular weight excluding hydrogens is 288 g/mol. The van der Waals surface area contributed by atoms with Gasteiger partial charge in [-0.1, -0.05) is 6.07 Å². The number of hydrogen-bond acceptors (Lipinski definition) is 4. The topological polar surface area (TPSA) is 97.5 Å². The van der Waals surface area contributed by atoms with E-state index in [0.717, 1.165) is 18.9 Å². The first-order valence-corrected chi connectivity index (χ1v) is 8.79. The molecule has 0 atom stereocenters. The highest BCUT2D eigenvalue weighted by molar-refractivity contribution is 7.90. The molecule has 2 rings (SSSR count). The van der Waals surface area contributed by atoms with Gasteiger partial charge in [-0.2, -0.15) is 0 Å². The highest BCUT2D eigenvalue weighted by atomic mass is 32.2. The molecule has 1 saturated carbocycles. The van der Waals surface area contributed by atoms with Crippen molar-refractivity contribution in [1.29, 1.82) is 0 Å². The second-order valence-electron chi connectivity index (χ2n) is 4.75. The van der Waals surface area contributed by atoms with Gasteiger partial charge in [-0.05, 0) is 37.0 Å². The van der Waals surface area contributed by atoms with Crippen molar-refractivity contribution in [1.82, 2.24) is 4.31 Å². The molecule has 0 aromatic heterocycles. The van der Waals surface area contributed by atoms with Crippen LogP contribution in [0.5, 0.6) is 0 Å². The van der Waals surface area contributed by atoms with Crippen LogP contribution in [-0.2, 0) is 20.0 Å². The minimum atomic E-state index is -3.90. The third-order valence-electron chi connectivity index (χ3n) is 3.05. The minimum absolute atomic E-state index is 0.0535. The van der Waals surface area contributed by atoms with Gasteiger partial charge >= 0.3 is 0 Å². The molecule has 1 aromatic carbocycles. The van der Waals surface area contributed by atoms with E-state index in [2.05, 4.69) is 0 Å². The molecule has 0 bridgehead atoms. The van der Waals surface area contributed by atoms with Gasteiger partial charge in [0, 0.05) is 13.6 Å². The Morgan fingerprint density at radius 2 is 1.79 bits per heavy atom. The lowest BCUT2D eigenvalue weighted by atomic mass is 10.4. The van der Waals surface area contributed by atoms with Crippen LogP contribution in [0, 0.1) is 5.92 Å². The van der Waals surface area contributed by atoms with Crippen molar-refractivity contribution in [2.24, 2.45) is 11.1 Å². The van der Waals surface area contributed by atoms with Crippen molar-refractivity contribution in [2.45, 2.75) is 22.6 Å². The zero-order chi connectivity index (χ0) is 14.3. The average molecular weight is 304 g/mol. The molecule has 1 aliphatic rings. The van der Waals surface area contributed by atoms with Gasteiger partial charge in [0.05, 0.1) is 9.79 Å². The molecule has 0 radical (unpaired) electrons. The van der Waals surface area contributed by atoms with E-state index in [1.807, 2.05) is 0 Å². The predicted octanol–water partition coefficient (Wildman–Crippen LogP) is 0.365. The number of sulfonamides is 2. The molecule has 2 N–H and O–H groups in total. The first-order valence-electron chi connectivity index (χ1n) is 5.80. The lowest BCUT2D eigenvalue weighted by Gasteiger charge is -2.17. The summed E-state index contributed by atoms with van der Waals surface area (Å²) in [6, 6.07) is 5.11. The van der Waals surface area contributed by atoms with E-state index >= 15 is 0 Å². The standard InChI is InChI=1S/C11H16N2O4S2/c1-13(8-9-5-6-9)19(16,17)11-4-2-3-10(7-11)18(12,14)15/h2-4,7,9H,5-6,8H2,1H3,(H2,12,14,15). The van der Waals surface area contributed by atoms with Gasteiger partial charge in [-0.25, -0.2) is 26.3 Å². The summed E-state index contributed by atoms with van der Waals surface area (Å²) < 4.78 is 48.3. The summed E-state index contributed by atoms with van der Waals surface area (Å²) in [5.74, 6) is 0.418. The number of primary sulfonamides is 1. The zero-order valence-electron chi connectivity index (χ0n) is 10.5. The molecule has 1 aromatic rings. The second-order valence-corrected chi connectivity index (χ2v) is 8.36. The van der Waals surface area contributed by atoms with Gasteiger partial charge in [0.2, 0.25) is 20.0 Å². The molecule has 0 heterocycles. The summed E-state index contributed by atoms with van der Waals surface area (Å²) in [7, 11) is -6.07. The van der Waals surface area contributed by atoms with Gasteiger partial charge < -0.3 is 0 Å². The van der Waals surface area contributed by atoms with Gasteiger partial charge in [0.15, 0.2) is 0 Å². The van der Waals surface area contributed by atoms with Gasteiger partial charge in [0.1, 0.15) is 0 Å². The molecule has 8 heteroatoms. The van der Waals surface area contributed by atoms with Gasteiger partial charge in [-0.15, -0.1) is 0 Å². The molecule has 6 nitrogen and oxygen atoms in total. The molecule has 19 heavy (non-hydrogen) atoms. The van der Waals surface area contributed by atoms with Crippen LogP contribution in [0.25, 0.3) is 0 Å². The van der Waals surface area contributed by atoms with Crippen LogP contribution in [0.3, 0.4) is 0 Å². The van der Waals surface area contributed by atoms with E-state index in [1.54, 1.807) is 0 Å². The Morgan fingerprint density at radius 1 is 1.21 bits per heavy atom. The molecule has 1 fully saturated rings. The summed E-state index contributed by atoms with van der Waals surface area (Å²) >= 11 is 0. The normalized spacial score (nSPS) is 16.8. The Hall–Kier alpha value is -0.960. The molecule has 1 aliphatic carbocycles. The average Bonchev–Trinajstić information content (AvgIpc) is 3.12. The lowest BCUT2D eigenvalue weighted by molar-refractivity contribution is 0.452. The number of hydrogen-bond donors (Lipinski definition) is 1. The maximum Gasteiger partial charge on any atom is 0.242 e. The number of nitrogens with zero attached hydrogens (tertiary/aromatic N) is 1. The van der Waals surface area contributed by atoms with Crippen molar-refractivity contribution in [2.75, 3.05) is 13.6 Å². The fraction of sp³-hybridized carbons (Fsp3) is 0.455. The Balaban J connectivity index is 2.34. The quantitative estimate of drug-likeness (QED) is 0.849. The van der Waals surface area contributed by atoms with E-state index in [0.29, 0.717) is 12.5 Å². The summed E-state index contributed by atoms with van der Waals surface area (Å²) in [5.41, 5.74) is 0. The third kappa shape index (κ3) is 3.33. The molecule has 0 amide bonds. The monoisotopic (exact) mass is 304 g/mol. The van der Waals surface area contributed by atoms with Crippen molar-refractivity contribution in [3.05, 3.63) is 24.3 Å². The van der Waals surface area contributed by atoms with Crippen LogP contribution in [0.1, 0.15) is 12.8 Å². The summed E-state index contributed by atoms with van der Waals surface area (Å²) in [5, 5.41) is 5.00. The summed E-state index contributed by atoms with van der Waals surface area (Å²) in [4.78, 5) is -0.254. The van der Waals surface area contributed by atoms with Crippen LogP contribution in [-0.4, -0.2) is 34.7 Å². The van der Waals surface area contributed by atoms with Crippen molar-refractivity contribution >= 4 is 20.0 Å². The highest BCUT2D eigenvalue weighted by Crippen LogP contribution is 2.31. The fourth-order valence-corrected chi connectivity index (χ4v) is 3.68. The van der Waals surface area contributed by atoms with Crippen LogP contribution in [0.4, 0.5) is 0 Å². The highest BCUT2D eigenvalue weighted by Gasteiger charge is 2.29. The van der Waals surface area contributed by atoms with E-state index in [1.165, 1.54) is 29.6 Å². The first kappa shape index (κ1) is 14.4. The summed E-state index contributed by atoms with van der Waals surface area (Å²) in [6.45, 7) is 0.460. The van der Waals surface area contributed by atoms with Crippen molar-refractivity contribution in [3.63, 3.8) is 0 Å². The maximum absolute atomic E-state index is 12.3. The molecule has 0 spiro atoms. The minimum Gasteiger partial charge on any atom is -0.225 e. The van der Waals surface area contributed by atoms with Crippen LogP contribution in [0.2, 0.25) is 0 Å². The lowest BCUT2D eigenvalue weighted by Crippen LogP contribution is -2.29. The third-order valence-corrected chi connectivity index (χ3v) is 5.78. The van der Waals surface area contributed by atoms with Crippen LogP contribution >= 0.6 is 0 Å². The van der Waals surface area contributed by atoms with Crippen LogP contribution in [0.15, 0.2) is 34.1 Å². The second kappa shape index (κ2) is 4.86. The SMILES string of the molecule is CN(CC1CC1)S(=O)(=O)c1cccc(S(N)(=O)=O)c1. The molecule has 0 aliphatic heterocycles. The van der Waals surface area contributed by atoms with Gasteiger partial charge in [0.25, 0.3) is 0 Å². The number of nitrogens with two attached hydrogens (primary N) is 1. The van der Waals surface area contributed by atoms with Crippen LogP contribution < -0.4 is 5.14 Å². The smallest absolute Gasteiger partial charge is 0.225 e. The maximum atomic E-state index is 12.3. The Kier molecular flexibility index (Phi) is 3.69. The summed E-state index contributed by atoms with van der Waals surface area (Å²) in [6.07, 6.45) is 2.08. The number of benzene rings is 1. The molecule has 0 saturated heterocycles. The number of rotatable bonds is 5. The van der Waals surface area contributed by atoms with E-state index in [9.17, 15) is 16.8 Å². The molecule has 106 valence electrons. The Labute approximate surface area is 113 Å². The molecule has 0 unspecified atom stereocenters. The van der Waals surface area contributed by atoms with Gasteiger partial charge in [-0.3, -0.25) is 0 Å². The predicted molar refractivity (Wildman–Crippen MR) is 70.4 cm³/mol. The Morgan fingerprint density at radius 3 is 2.32 bits per heavy atom. The largest absolute Gasteiger partial charge is 0.242 e. The van der Waals surface area contributed by atoms with E-state index in [4.69, 9.17) is 5.14 Å². The van der Waals surface area contributed by atoms with Crippen molar-refractivity contribution in [3.8, 4) is 0 Å². The van der Waals surface area contributed by atoms with Crippen molar-refractivity contribution < 1.29 is 16.8 Å². The zero-order valence-corrected chi connectivity index (χ0v) is 12.1. The van der Waals surface area contributed by atoms with E-state index in [-0.39, 0.29) is 9.79 Å².